The van der Waals surface area contributed by atoms with E-state index in [1.165, 1.54) is 0 Å². The summed E-state index contributed by atoms with van der Waals surface area (Å²) < 4.78 is 0. The van der Waals surface area contributed by atoms with Crippen LogP contribution in [0.1, 0.15) is 40.5 Å². The van der Waals surface area contributed by atoms with Crippen molar-refractivity contribution < 1.29 is 0 Å². The maximum Gasteiger partial charge on any atom is 0.193 e. The number of piperidine rings is 1. The first kappa shape index (κ1) is 14.9. The number of para-hydroxylation sites is 1. The maximum atomic E-state index is 6.03. The predicted molar refractivity (Wildman–Crippen MR) is 86.0 cm³/mol. The van der Waals surface area contributed by atoms with E-state index in [4.69, 9.17) is 5.73 Å². The average Bonchev–Trinajstić information content (AvgIpc) is 2.25. The molecule has 0 saturated carbocycles. The molecule has 0 amide bonds. The molecule has 20 heavy (non-hydrogen) atoms. The van der Waals surface area contributed by atoms with E-state index in [2.05, 4.69) is 43.3 Å². The van der Waals surface area contributed by atoms with Gasteiger partial charge < -0.3 is 16.4 Å². The van der Waals surface area contributed by atoms with E-state index in [1.54, 1.807) is 0 Å². The van der Waals surface area contributed by atoms with Gasteiger partial charge >= 0.3 is 0 Å². The maximum absolute atomic E-state index is 6.03. The van der Waals surface area contributed by atoms with Crippen molar-refractivity contribution in [1.29, 1.82) is 0 Å². The Morgan fingerprint density at radius 3 is 2.25 bits per heavy atom. The minimum absolute atomic E-state index is 0.0863. The highest BCUT2D eigenvalue weighted by Gasteiger charge is 2.37. The van der Waals surface area contributed by atoms with Crippen LogP contribution in [0.5, 0.6) is 0 Å². The van der Waals surface area contributed by atoms with Crippen molar-refractivity contribution in [2.24, 2.45) is 10.7 Å². The number of nitrogens with two attached hydrogens (primary N) is 1. The molecule has 0 aromatic heterocycles. The van der Waals surface area contributed by atoms with Crippen molar-refractivity contribution in [1.82, 2.24) is 5.32 Å². The molecule has 110 valence electrons. The second kappa shape index (κ2) is 5.44. The van der Waals surface area contributed by atoms with E-state index < -0.39 is 0 Å². The van der Waals surface area contributed by atoms with Gasteiger partial charge in [-0.3, -0.25) is 0 Å². The standard InChI is InChI=1S/C16H26N4/c1-15(2)10-13(11-16(3,4)20-15)19-14(17)18-12-8-6-5-7-9-12/h5-9,13,20H,10-11H2,1-4H3,(H3,17,18,19). The Morgan fingerprint density at radius 2 is 1.70 bits per heavy atom. The fourth-order valence-electron chi connectivity index (χ4n) is 3.26. The number of rotatable bonds is 2. The van der Waals surface area contributed by atoms with Gasteiger partial charge in [-0.05, 0) is 52.7 Å². The molecule has 1 fully saturated rings. The zero-order chi connectivity index (χ0) is 14.8. The summed E-state index contributed by atoms with van der Waals surface area (Å²) in [7, 11) is 0. The van der Waals surface area contributed by atoms with Gasteiger partial charge in [0.2, 0.25) is 0 Å². The van der Waals surface area contributed by atoms with E-state index in [9.17, 15) is 0 Å². The fourth-order valence-corrected chi connectivity index (χ4v) is 3.26. The lowest BCUT2D eigenvalue weighted by Gasteiger charge is -2.45. The molecule has 0 aliphatic carbocycles. The van der Waals surface area contributed by atoms with Gasteiger partial charge in [0.25, 0.3) is 0 Å². The topological polar surface area (TPSA) is 62.4 Å². The summed E-state index contributed by atoms with van der Waals surface area (Å²) in [6.07, 6.45) is 1.99. The van der Waals surface area contributed by atoms with Gasteiger partial charge in [-0.2, -0.15) is 0 Å². The Bertz CT molecular complexity index is 461. The van der Waals surface area contributed by atoms with Crippen LogP contribution in [-0.2, 0) is 0 Å². The summed E-state index contributed by atoms with van der Waals surface area (Å²) in [6.45, 7) is 8.88. The van der Waals surface area contributed by atoms with Crippen molar-refractivity contribution in [3.05, 3.63) is 30.3 Å². The van der Waals surface area contributed by atoms with Crippen molar-refractivity contribution >= 4 is 11.6 Å². The van der Waals surface area contributed by atoms with Crippen LogP contribution in [0.15, 0.2) is 35.3 Å². The van der Waals surface area contributed by atoms with Gasteiger partial charge in [0, 0.05) is 16.8 Å². The molecule has 1 aromatic rings. The number of hydrogen-bond acceptors (Lipinski definition) is 2. The summed E-state index contributed by atoms with van der Waals surface area (Å²) in [5.74, 6) is 0.495. The van der Waals surface area contributed by atoms with Crippen LogP contribution in [0.25, 0.3) is 0 Å². The van der Waals surface area contributed by atoms with E-state index in [1.807, 2.05) is 30.3 Å². The summed E-state index contributed by atoms with van der Waals surface area (Å²) in [6, 6.07) is 10.2. The normalized spacial score (nSPS) is 22.5. The highest BCUT2D eigenvalue weighted by molar-refractivity contribution is 5.92. The first-order valence-electron chi connectivity index (χ1n) is 7.20. The smallest absolute Gasteiger partial charge is 0.193 e. The fraction of sp³-hybridized carbons (Fsp3) is 0.562. The number of nitrogens with one attached hydrogen (secondary N) is 2. The van der Waals surface area contributed by atoms with Crippen molar-refractivity contribution in [3.8, 4) is 0 Å². The van der Waals surface area contributed by atoms with Gasteiger partial charge in [-0.1, -0.05) is 18.2 Å². The van der Waals surface area contributed by atoms with Crippen LogP contribution < -0.4 is 16.4 Å². The lowest BCUT2D eigenvalue weighted by atomic mass is 9.80. The third kappa shape index (κ3) is 4.23. The first-order valence-corrected chi connectivity index (χ1v) is 7.20. The Balaban J connectivity index is 2.05. The molecule has 1 aliphatic rings. The minimum atomic E-state index is 0.0863. The highest BCUT2D eigenvalue weighted by atomic mass is 15.1. The van der Waals surface area contributed by atoms with Crippen LogP contribution in [-0.4, -0.2) is 23.1 Å². The van der Waals surface area contributed by atoms with E-state index >= 15 is 0 Å². The third-order valence-corrected chi connectivity index (χ3v) is 3.54. The lowest BCUT2D eigenvalue weighted by Crippen LogP contribution is -2.59. The van der Waals surface area contributed by atoms with E-state index in [-0.39, 0.29) is 17.1 Å². The number of nitrogens with zero attached hydrogens (tertiary/aromatic N) is 1. The molecule has 1 aliphatic heterocycles. The quantitative estimate of drug-likeness (QED) is 0.574. The predicted octanol–water partition coefficient (Wildman–Crippen LogP) is 2.72. The van der Waals surface area contributed by atoms with Gasteiger partial charge in [0.05, 0.1) is 6.04 Å². The molecule has 4 N–H and O–H groups in total. The summed E-state index contributed by atoms with van der Waals surface area (Å²) >= 11 is 0. The van der Waals surface area contributed by atoms with Gasteiger partial charge in [0.1, 0.15) is 0 Å². The second-order valence-electron chi connectivity index (χ2n) is 6.96. The van der Waals surface area contributed by atoms with Crippen LogP contribution in [0.2, 0.25) is 0 Å². The van der Waals surface area contributed by atoms with Crippen molar-refractivity contribution in [2.45, 2.75) is 57.7 Å². The molecule has 2 rings (SSSR count). The average molecular weight is 274 g/mol. The minimum Gasteiger partial charge on any atom is -0.370 e. The van der Waals surface area contributed by atoms with Gasteiger partial charge in [-0.15, -0.1) is 0 Å². The molecular weight excluding hydrogens is 248 g/mol. The van der Waals surface area contributed by atoms with E-state index in [0.717, 1.165) is 18.5 Å². The molecule has 0 unspecified atom stereocenters. The number of guanidine groups is 1. The number of benzene rings is 1. The number of aliphatic imine (C=N–C) groups is 1. The molecule has 4 nitrogen and oxygen atoms in total. The molecule has 0 radical (unpaired) electrons. The SMILES string of the molecule is CC1(C)CC(N=C(N)Nc2ccccc2)CC(C)(C)N1. The Morgan fingerprint density at radius 1 is 1.15 bits per heavy atom. The number of hydrogen-bond donors (Lipinski definition) is 3. The van der Waals surface area contributed by atoms with Crippen molar-refractivity contribution in [3.63, 3.8) is 0 Å². The summed E-state index contributed by atoms with van der Waals surface area (Å²) in [5.41, 5.74) is 7.18. The molecule has 4 heteroatoms. The van der Waals surface area contributed by atoms with Crippen LogP contribution in [0, 0.1) is 0 Å². The molecule has 0 atom stereocenters. The van der Waals surface area contributed by atoms with Crippen LogP contribution in [0.3, 0.4) is 0 Å². The van der Waals surface area contributed by atoms with E-state index in [0.29, 0.717) is 5.96 Å². The van der Waals surface area contributed by atoms with Gasteiger partial charge in [0.15, 0.2) is 5.96 Å². The number of anilines is 1. The van der Waals surface area contributed by atoms with Gasteiger partial charge in [-0.25, -0.2) is 4.99 Å². The molecule has 1 saturated heterocycles. The summed E-state index contributed by atoms with van der Waals surface area (Å²) in [5, 5.41) is 6.81. The molecule has 1 aromatic carbocycles. The monoisotopic (exact) mass is 274 g/mol. The first-order chi connectivity index (χ1) is 9.26. The second-order valence-corrected chi connectivity index (χ2v) is 6.96. The van der Waals surface area contributed by atoms with Crippen molar-refractivity contribution in [2.75, 3.05) is 5.32 Å². The zero-order valence-corrected chi connectivity index (χ0v) is 12.9. The molecule has 0 bridgehead atoms. The molecule has 1 heterocycles. The molecular formula is C16H26N4. The molecule has 0 spiro atoms. The third-order valence-electron chi connectivity index (χ3n) is 3.54. The van der Waals surface area contributed by atoms with Crippen LogP contribution >= 0.6 is 0 Å². The Hall–Kier alpha value is -1.55. The summed E-state index contributed by atoms with van der Waals surface area (Å²) in [4.78, 5) is 4.67. The highest BCUT2D eigenvalue weighted by Crippen LogP contribution is 2.30. The Labute approximate surface area is 121 Å². The zero-order valence-electron chi connectivity index (χ0n) is 12.9. The Kier molecular flexibility index (Phi) is 4.04. The largest absolute Gasteiger partial charge is 0.370 e. The lowest BCUT2D eigenvalue weighted by molar-refractivity contribution is 0.164. The van der Waals surface area contributed by atoms with Crippen LogP contribution in [0.4, 0.5) is 5.69 Å².